The molecule has 0 saturated carbocycles. The molecule has 3 aromatic rings. The highest BCUT2D eigenvalue weighted by molar-refractivity contribution is 5.88. The number of anilines is 1. The van der Waals surface area contributed by atoms with Crippen molar-refractivity contribution in [3.05, 3.63) is 47.5 Å². The summed E-state index contributed by atoms with van der Waals surface area (Å²) in [7, 11) is 0. The molecular weight excluding hydrogens is 468 g/mol. The van der Waals surface area contributed by atoms with Crippen molar-refractivity contribution in [3.8, 4) is 11.3 Å². The summed E-state index contributed by atoms with van der Waals surface area (Å²) < 4.78 is 34.0. The van der Waals surface area contributed by atoms with Gasteiger partial charge in [0.15, 0.2) is 5.82 Å². The Hall–Kier alpha value is -2.79. The Balaban J connectivity index is 1.49. The second-order valence-electron chi connectivity index (χ2n) is 9.93. The summed E-state index contributed by atoms with van der Waals surface area (Å²) in [5.74, 6) is -0.179. The Morgan fingerprint density at radius 2 is 2.00 bits per heavy atom. The third kappa shape index (κ3) is 5.04. The number of fused-ring (bicyclic) bond motifs is 1. The van der Waals surface area contributed by atoms with Crippen LogP contribution in [0.2, 0.25) is 0 Å². The van der Waals surface area contributed by atoms with Crippen LogP contribution in [0, 0.1) is 5.82 Å². The van der Waals surface area contributed by atoms with Gasteiger partial charge in [-0.05, 0) is 35.6 Å². The minimum absolute atomic E-state index is 0.136. The summed E-state index contributed by atoms with van der Waals surface area (Å²) in [5.41, 5.74) is 3.51. The van der Waals surface area contributed by atoms with E-state index >= 15 is 0 Å². The van der Waals surface area contributed by atoms with Crippen LogP contribution in [0.15, 0.2) is 30.6 Å². The van der Waals surface area contributed by atoms with Crippen molar-refractivity contribution in [2.75, 3.05) is 31.6 Å². The lowest BCUT2D eigenvalue weighted by Gasteiger charge is -2.28. The van der Waals surface area contributed by atoms with Gasteiger partial charge in [-0.25, -0.2) is 18.7 Å². The Morgan fingerprint density at radius 1 is 1.17 bits per heavy atom. The van der Waals surface area contributed by atoms with Crippen LogP contribution in [-0.4, -0.2) is 80.8 Å². The van der Waals surface area contributed by atoms with Crippen LogP contribution in [0.1, 0.15) is 37.3 Å². The molecule has 0 bridgehead atoms. The van der Waals surface area contributed by atoms with E-state index in [-0.39, 0.29) is 43.3 Å². The molecule has 4 atom stereocenters. The molecule has 2 aromatic heterocycles. The van der Waals surface area contributed by atoms with Crippen molar-refractivity contribution in [2.45, 2.75) is 57.2 Å². The van der Waals surface area contributed by atoms with E-state index in [4.69, 9.17) is 4.74 Å². The predicted molar refractivity (Wildman–Crippen MR) is 132 cm³/mol. The molecule has 2 fully saturated rings. The monoisotopic (exact) mass is 499 g/mol. The maximum atomic E-state index is 14.9. The first kappa shape index (κ1) is 24.9. The molecule has 5 rings (SSSR count). The first-order valence-electron chi connectivity index (χ1n) is 12.3. The fourth-order valence-corrected chi connectivity index (χ4v) is 5.10. The summed E-state index contributed by atoms with van der Waals surface area (Å²) >= 11 is 0. The van der Waals surface area contributed by atoms with Gasteiger partial charge in [-0.15, -0.1) is 0 Å². The maximum Gasteiger partial charge on any atom is 0.223 e. The fourth-order valence-electron chi connectivity index (χ4n) is 5.10. The third-order valence-corrected chi connectivity index (χ3v) is 6.92. The number of β-amino-alcohol motifs (C(OH)–C–C–N with tert-alkyl or cyclic N) is 1. The van der Waals surface area contributed by atoms with Gasteiger partial charge in [-0.1, -0.05) is 19.9 Å². The van der Waals surface area contributed by atoms with E-state index in [2.05, 4.69) is 34.1 Å². The fraction of sp³-hybridized carbons (Fsp3) is 0.500. The Bertz CT molecular complexity index is 1230. The van der Waals surface area contributed by atoms with E-state index in [1.807, 2.05) is 23.2 Å². The molecular formula is C26H31F2N5O3. The lowest BCUT2D eigenvalue weighted by Crippen LogP contribution is -2.42. The van der Waals surface area contributed by atoms with Crippen LogP contribution in [-0.2, 0) is 11.3 Å². The number of nitrogens with one attached hydrogen (secondary N) is 1. The van der Waals surface area contributed by atoms with Gasteiger partial charge in [0, 0.05) is 43.4 Å². The van der Waals surface area contributed by atoms with Gasteiger partial charge in [-0.3, -0.25) is 9.88 Å². The van der Waals surface area contributed by atoms with E-state index in [9.17, 15) is 19.0 Å². The number of nitrogens with zero attached hydrogens (tertiary/aromatic N) is 4. The molecule has 192 valence electrons. The summed E-state index contributed by atoms with van der Waals surface area (Å²) in [5, 5.41) is 24.0. The van der Waals surface area contributed by atoms with Crippen LogP contribution in [0.3, 0.4) is 0 Å². The van der Waals surface area contributed by atoms with Gasteiger partial charge >= 0.3 is 0 Å². The van der Waals surface area contributed by atoms with Crippen LogP contribution in [0.5, 0.6) is 0 Å². The molecule has 36 heavy (non-hydrogen) atoms. The number of likely N-dealkylation sites (tertiary alicyclic amines) is 1. The van der Waals surface area contributed by atoms with Crippen molar-refractivity contribution in [1.29, 1.82) is 0 Å². The van der Waals surface area contributed by atoms with Gasteiger partial charge in [0.1, 0.15) is 11.9 Å². The first-order chi connectivity index (χ1) is 17.3. The molecule has 2 aliphatic rings. The molecule has 0 spiro atoms. The van der Waals surface area contributed by atoms with Gasteiger partial charge in [-0.2, -0.15) is 0 Å². The number of pyridine rings is 1. The minimum Gasteiger partial charge on any atom is -0.389 e. The molecule has 2 saturated heterocycles. The van der Waals surface area contributed by atoms with Gasteiger partial charge in [0.2, 0.25) is 5.95 Å². The van der Waals surface area contributed by atoms with E-state index < -0.39 is 24.2 Å². The van der Waals surface area contributed by atoms with Crippen LogP contribution in [0.25, 0.3) is 22.2 Å². The summed E-state index contributed by atoms with van der Waals surface area (Å²) in [6.45, 7) is 5.83. The number of aliphatic hydroxyl groups excluding tert-OH is 2. The molecule has 3 N–H and O–H groups in total. The van der Waals surface area contributed by atoms with Crippen molar-refractivity contribution >= 4 is 16.9 Å². The number of aliphatic hydroxyl groups is 2. The summed E-state index contributed by atoms with van der Waals surface area (Å²) in [6.07, 6.45) is 0.610. The largest absolute Gasteiger partial charge is 0.389 e. The van der Waals surface area contributed by atoms with E-state index in [1.165, 1.54) is 0 Å². The number of halogens is 2. The first-order valence-corrected chi connectivity index (χ1v) is 12.3. The normalized spacial score (nSPS) is 25.1. The highest BCUT2D eigenvalue weighted by Crippen LogP contribution is 2.33. The number of ether oxygens (including phenoxy) is 1. The summed E-state index contributed by atoms with van der Waals surface area (Å²) in [4.78, 5) is 15.0. The van der Waals surface area contributed by atoms with E-state index in [1.54, 1.807) is 6.07 Å². The molecule has 2 unspecified atom stereocenters. The Morgan fingerprint density at radius 3 is 2.72 bits per heavy atom. The summed E-state index contributed by atoms with van der Waals surface area (Å²) in [6, 6.07) is 5.23. The van der Waals surface area contributed by atoms with E-state index in [0.29, 0.717) is 25.1 Å². The number of alkyl halides is 1. The molecule has 1 aromatic carbocycles. The van der Waals surface area contributed by atoms with Crippen molar-refractivity contribution < 1.29 is 23.7 Å². The lowest BCUT2D eigenvalue weighted by atomic mass is 9.92. The van der Waals surface area contributed by atoms with Crippen LogP contribution >= 0.6 is 0 Å². The molecule has 2 aliphatic heterocycles. The van der Waals surface area contributed by atoms with Crippen molar-refractivity contribution in [2.24, 2.45) is 0 Å². The second kappa shape index (κ2) is 10.3. The number of benzene rings is 1. The third-order valence-electron chi connectivity index (χ3n) is 6.92. The highest BCUT2D eigenvalue weighted by atomic mass is 19.1. The Labute approximate surface area is 208 Å². The van der Waals surface area contributed by atoms with Gasteiger partial charge < -0.3 is 20.3 Å². The second-order valence-corrected chi connectivity index (χ2v) is 9.93. The zero-order valence-corrected chi connectivity index (χ0v) is 20.4. The topological polar surface area (TPSA) is 104 Å². The van der Waals surface area contributed by atoms with Crippen LogP contribution < -0.4 is 5.32 Å². The zero-order chi connectivity index (χ0) is 25.4. The number of aromatic nitrogens is 3. The lowest BCUT2D eigenvalue weighted by molar-refractivity contribution is -0.0136. The average Bonchev–Trinajstić information content (AvgIpc) is 3.17. The molecule has 10 heteroatoms. The standard InChI is InChI=1S/C26H31F2N5O3/c1-14(2)24-16(10-33-11-19(28)22(34)12-33)8-29-20-4-3-15(7-17(20)24)25-18(27)9-30-26(32-25)31-21-5-6-36-13-23(21)35/h3-4,7-9,14,19,21-23,34-35H,5-6,10-13H2,1-2H3,(H,30,31,32)/t19?,21-,22?,23-/m1/s1. The van der Waals surface area contributed by atoms with Gasteiger partial charge in [0.25, 0.3) is 0 Å². The number of rotatable bonds is 6. The number of hydrogen-bond donors (Lipinski definition) is 3. The maximum absolute atomic E-state index is 14.9. The Kier molecular flexibility index (Phi) is 7.11. The zero-order valence-electron chi connectivity index (χ0n) is 20.4. The average molecular weight is 500 g/mol. The predicted octanol–water partition coefficient (Wildman–Crippen LogP) is 3.03. The minimum atomic E-state index is -1.25. The molecule has 8 nitrogen and oxygen atoms in total. The van der Waals surface area contributed by atoms with E-state index in [0.717, 1.165) is 28.2 Å². The van der Waals surface area contributed by atoms with Crippen LogP contribution in [0.4, 0.5) is 14.7 Å². The number of hydrogen-bond acceptors (Lipinski definition) is 8. The molecule has 4 heterocycles. The molecule has 0 aliphatic carbocycles. The quantitative estimate of drug-likeness (QED) is 0.476. The van der Waals surface area contributed by atoms with Crippen molar-refractivity contribution in [1.82, 2.24) is 19.9 Å². The van der Waals surface area contributed by atoms with Gasteiger partial charge in [0.05, 0.1) is 36.6 Å². The molecule has 0 radical (unpaired) electrons. The van der Waals surface area contributed by atoms with Crippen molar-refractivity contribution in [3.63, 3.8) is 0 Å². The SMILES string of the molecule is CC(C)c1c(CN2CC(O)C(F)C2)cnc2ccc(-c3nc(N[C@@H]4CCOC[C@H]4O)ncc3F)cc12. The smallest absolute Gasteiger partial charge is 0.223 e. The molecule has 0 amide bonds. The highest BCUT2D eigenvalue weighted by Gasteiger charge is 2.31.